The van der Waals surface area contributed by atoms with Crippen LogP contribution in [0, 0.1) is 0 Å². The second-order valence-corrected chi connectivity index (χ2v) is 3.88. The van der Waals surface area contributed by atoms with Crippen molar-refractivity contribution in [3.05, 3.63) is 22.4 Å². The predicted octanol–water partition coefficient (Wildman–Crippen LogP) is 2.43. The molecule has 1 N–H and O–H groups in total. The fourth-order valence-corrected chi connectivity index (χ4v) is 1.87. The van der Waals surface area contributed by atoms with Gasteiger partial charge >= 0.3 is 6.09 Å². The summed E-state index contributed by atoms with van der Waals surface area (Å²) in [6.07, 6.45) is 0.512. The quantitative estimate of drug-likeness (QED) is 0.834. The number of carbonyl (C=O) groups is 1. The van der Waals surface area contributed by atoms with Crippen molar-refractivity contribution in [2.24, 2.45) is 0 Å². The number of amides is 1. The Bertz CT molecular complexity index is 272. The summed E-state index contributed by atoms with van der Waals surface area (Å²) in [6, 6.07) is 2.18. The Hall–Kier alpha value is -1.03. The van der Waals surface area contributed by atoms with Crippen molar-refractivity contribution in [1.29, 1.82) is 0 Å². The Morgan fingerprint density at radius 2 is 2.50 bits per heavy atom. The van der Waals surface area contributed by atoms with Crippen molar-refractivity contribution in [3.63, 3.8) is 0 Å². The van der Waals surface area contributed by atoms with E-state index in [1.807, 2.05) is 12.3 Å². The molecule has 0 radical (unpaired) electrons. The maximum atomic E-state index is 11.1. The topological polar surface area (TPSA) is 38.3 Å². The molecular formula is C10H15NO2S. The van der Waals surface area contributed by atoms with Crippen molar-refractivity contribution in [2.45, 2.75) is 26.3 Å². The lowest BCUT2D eigenvalue weighted by molar-refractivity contribution is 0.149. The summed E-state index contributed by atoms with van der Waals surface area (Å²) in [5, 5.41) is 6.88. The number of thiophene rings is 1. The van der Waals surface area contributed by atoms with Gasteiger partial charge in [-0.3, -0.25) is 0 Å². The van der Waals surface area contributed by atoms with Crippen LogP contribution >= 0.6 is 11.3 Å². The predicted molar refractivity (Wildman–Crippen MR) is 57.6 cm³/mol. The third-order valence-corrected chi connectivity index (χ3v) is 2.49. The third-order valence-electron chi connectivity index (χ3n) is 1.76. The Balaban J connectivity index is 2.29. The van der Waals surface area contributed by atoms with Crippen LogP contribution < -0.4 is 5.32 Å². The maximum absolute atomic E-state index is 11.1. The second kappa shape index (κ2) is 5.65. The SMILES string of the molecule is CCOC(=O)NC(C)Cc1ccsc1. The molecule has 1 unspecified atom stereocenters. The molecule has 0 aromatic carbocycles. The molecule has 1 heterocycles. The molecule has 3 nitrogen and oxygen atoms in total. The molecule has 0 aliphatic heterocycles. The standard InChI is InChI=1S/C10H15NO2S/c1-3-13-10(12)11-8(2)6-9-4-5-14-7-9/h4-5,7-8H,3,6H2,1-2H3,(H,11,12). The monoisotopic (exact) mass is 213 g/mol. The minimum atomic E-state index is -0.338. The molecule has 78 valence electrons. The molecule has 0 aliphatic rings. The molecule has 0 aliphatic carbocycles. The van der Waals surface area contributed by atoms with Gasteiger partial charge in [0.1, 0.15) is 0 Å². The molecule has 0 saturated heterocycles. The number of ether oxygens (including phenoxy) is 1. The Labute approximate surface area is 88.1 Å². The van der Waals surface area contributed by atoms with Crippen LogP contribution in [0.2, 0.25) is 0 Å². The second-order valence-electron chi connectivity index (χ2n) is 3.10. The van der Waals surface area contributed by atoms with Crippen molar-refractivity contribution in [3.8, 4) is 0 Å². The highest BCUT2D eigenvalue weighted by molar-refractivity contribution is 7.07. The average molecular weight is 213 g/mol. The van der Waals surface area contributed by atoms with Crippen LogP contribution in [-0.2, 0) is 11.2 Å². The number of nitrogens with one attached hydrogen (secondary N) is 1. The summed E-state index contributed by atoms with van der Waals surface area (Å²) >= 11 is 1.67. The average Bonchev–Trinajstić information content (AvgIpc) is 2.56. The molecule has 14 heavy (non-hydrogen) atoms. The third kappa shape index (κ3) is 3.79. The van der Waals surface area contributed by atoms with Crippen LogP contribution in [0.1, 0.15) is 19.4 Å². The summed E-state index contributed by atoms with van der Waals surface area (Å²) in [4.78, 5) is 11.1. The molecule has 0 saturated carbocycles. The summed E-state index contributed by atoms with van der Waals surface area (Å²) in [5.74, 6) is 0. The lowest BCUT2D eigenvalue weighted by atomic mass is 10.1. The number of hydrogen-bond donors (Lipinski definition) is 1. The molecular weight excluding hydrogens is 198 g/mol. The van der Waals surface area contributed by atoms with Crippen molar-refractivity contribution in [2.75, 3.05) is 6.61 Å². The zero-order chi connectivity index (χ0) is 10.4. The van der Waals surface area contributed by atoms with Gasteiger partial charge in [-0.1, -0.05) is 0 Å². The van der Waals surface area contributed by atoms with Crippen LogP contribution in [0.25, 0.3) is 0 Å². The highest BCUT2D eigenvalue weighted by atomic mass is 32.1. The zero-order valence-corrected chi connectivity index (χ0v) is 9.26. The number of rotatable bonds is 4. The minimum Gasteiger partial charge on any atom is -0.450 e. The highest BCUT2D eigenvalue weighted by Crippen LogP contribution is 2.08. The van der Waals surface area contributed by atoms with Gasteiger partial charge in [0, 0.05) is 6.04 Å². The smallest absolute Gasteiger partial charge is 0.407 e. The summed E-state index contributed by atoms with van der Waals surface area (Å²) < 4.78 is 4.78. The van der Waals surface area contributed by atoms with E-state index in [2.05, 4.69) is 16.8 Å². The van der Waals surface area contributed by atoms with Crippen molar-refractivity contribution in [1.82, 2.24) is 5.32 Å². The molecule has 1 aromatic heterocycles. The van der Waals surface area contributed by atoms with Gasteiger partial charge in [0.15, 0.2) is 0 Å². The van der Waals surface area contributed by atoms with Crippen LogP contribution in [0.15, 0.2) is 16.8 Å². The van der Waals surface area contributed by atoms with E-state index in [9.17, 15) is 4.79 Å². The first-order valence-corrected chi connectivity index (χ1v) is 5.61. The van der Waals surface area contributed by atoms with Gasteiger partial charge in [-0.05, 0) is 42.7 Å². The van der Waals surface area contributed by atoms with E-state index >= 15 is 0 Å². The number of hydrogen-bond acceptors (Lipinski definition) is 3. The molecule has 1 atom stereocenters. The zero-order valence-electron chi connectivity index (χ0n) is 8.45. The van der Waals surface area contributed by atoms with Gasteiger partial charge in [-0.2, -0.15) is 11.3 Å². The number of carbonyl (C=O) groups excluding carboxylic acids is 1. The van der Waals surface area contributed by atoms with Gasteiger partial charge < -0.3 is 10.1 Å². The van der Waals surface area contributed by atoms with Gasteiger partial charge in [0.05, 0.1) is 6.61 Å². The van der Waals surface area contributed by atoms with Gasteiger partial charge in [0.2, 0.25) is 0 Å². The van der Waals surface area contributed by atoms with Crippen LogP contribution in [0.4, 0.5) is 4.79 Å². The summed E-state index contributed by atoms with van der Waals surface area (Å²) in [6.45, 7) is 4.18. The van der Waals surface area contributed by atoms with E-state index < -0.39 is 0 Å². The first kappa shape index (κ1) is 11.0. The molecule has 0 fully saturated rings. The largest absolute Gasteiger partial charge is 0.450 e. The first-order valence-electron chi connectivity index (χ1n) is 4.66. The molecule has 4 heteroatoms. The van der Waals surface area contributed by atoms with Crippen LogP contribution in [0.3, 0.4) is 0 Å². The van der Waals surface area contributed by atoms with Crippen LogP contribution in [-0.4, -0.2) is 18.7 Å². The first-order chi connectivity index (χ1) is 6.72. The fourth-order valence-electron chi connectivity index (χ4n) is 1.19. The Morgan fingerprint density at radius 3 is 3.07 bits per heavy atom. The maximum Gasteiger partial charge on any atom is 0.407 e. The molecule has 0 bridgehead atoms. The van der Waals surface area contributed by atoms with Gasteiger partial charge in [-0.25, -0.2) is 4.79 Å². The molecule has 1 amide bonds. The van der Waals surface area contributed by atoms with E-state index in [4.69, 9.17) is 4.74 Å². The lowest BCUT2D eigenvalue weighted by Gasteiger charge is -2.12. The van der Waals surface area contributed by atoms with Crippen molar-refractivity contribution >= 4 is 17.4 Å². The highest BCUT2D eigenvalue weighted by Gasteiger charge is 2.08. The minimum absolute atomic E-state index is 0.114. The van der Waals surface area contributed by atoms with E-state index in [0.717, 1.165) is 6.42 Å². The fraction of sp³-hybridized carbons (Fsp3) is 0.500. The van der Waals surface area contributed by atoms with E-state index in [0.29, 0.717) is 6.61 Å². The normalized spacial score (nSPS) is 12.1. The van der Waals surface area contributed by atoms with Crippen LogP contribution in [0.5, 0.6) is 0 Å². The van der Waals surface area contributed by atoms with Gasteiger partial charge in [0.25, 0.3) is 0 Å². The summed E-state index contributed by atoms with van der Waals surface area (Å²) in [7, 11) is 0. The lowest BCUT2D eigenvalue weighted by Crippen LogP contribution is -2.34. The Kier molecular flexibility index (Phi) is 4.46. The Morgan fingerprint density at radius 1 is 1.71 bits per heavy atom. The van der Waals surface area contributed by atoms with Gasteiger partial charge in [-0.15, -0.1) is 0 Å². The summed E-state index contributed by atoms with van der Waals surface area (Å²) in [5.41, 5.74) is 1.25. The number of alkyl carbamates (subject to hydrolysis) is 1. The van der Waals surface area contributed by atoms with E-state index in [1.165, 1.54) is 5.56 Å². The molecule has 0 spiro atoms. The van der Waals surface area contributed by atoms with E-state index in [1.54, 1.807) is 18.3 Å². The molecule has 1 rings (SSSR count). The van der Waals surface area contributed by atoms with Crippen molar-refractivity contribution < 1.29 is 9.53 Å². The van der Waals surface area contributed by atoms with E-state index in [-0.39, 0.29) is 12.1 Å². The molecule has 1 aromatic rings.